The van der Waals surface area contributed by atoms with Crippen molar-refractivity contribution in [2.45, 2.75) is 6.92 Å². The molecule has 2 amide bonds. The third-order valence-corrected chi connectivity index (χ3v) is 3.88. The van der Waals surface area contributed by atoms with Crippen molar-refractivity contribution in [1.29, 1.82) is 5.26 Å². The minimum Gasteiger partial charge on any atom is -0.457 e. The Morgan fingerprint density at radius 2 is 1.66 bits per heavy atom. The molecular weight excluding hydrogens is 373 g/mol. The third-order valence-electron chi connectivity index (χ3n) is 3.88. The number of hydrogen-bond acceptors (Lipinski definition) is 4. The largest absolute Gasteiger partial charge is 0.457 e. The lowest BCUT2D eigenvalue weighted by molar-refractivity contribution is -0.114. The maximum atomic E-state index is 13.9. The van der Waals surface area contributed by atoms with Crippen molar-refractivity contribution in [3.05, 3.63) is 77.8 Å². The molecule has 3 aromatic rings. The van der Waals surface area contributed by atoms with Gasteiger partial charge in [0.25, 0.3) is 5.91 Å². The van der Waals surface area contributed by atoms with Crippen LogP contribution in [-0.2, 0) is 9.59 Å². The molecule has 144 valence electrons. The quantitative estimate of drug-likeness (QED) is 0.493. The number of nitriles is 1. The van der Waals surface area contributed by atoms with Crippen LogP contribution in [0.1, 0.15) is 12.7 Å². The number of benzene rings is 2. The highest BCUT2D eigenvalue weighted by molar-refractivity contribution is 6.09. The summed E-state index contributed by atoms with van der Waals surface area (Å²) in [6.07, 6.45) is 1.28. The van der Waals surface area contributed by atoms with Crippen molar-refractivity contribution in [1.82, 2.24) is 0 Å². The van der Waals surface area contributed by atoms with Crippen LogP contribution in [0.5, 0.6) is 0 Å². The highest BCUT2D eigenvalue weighted by Gasteiger charge is 2.13. The number of nitrogens with zero attached hydrogens (tertiary/aromatic N) is 1. The highest BCUT2D eigenvalue weighted by Crippen LogP contribution is 2.26. The zero-order valence-corrected chi connectivity index (χ0v) is 15.4. The van der Waals surface area contributed by atoms with Crippen molar-refractivity contribution < 1.29 is 18.4 Å². The maximum Gasteiger partial charge on any atom is 0.266 e. The number of anilines is 2. The topological polar surface area (TPSA) is 95.1 Å². The maximum absolute atomic E-state index is 13.9. The summed E-state index contributed by atoms with van der Waals surface area (Å²) < 4.78 is 19.4. The lowest BCUT2D eigenvalue weighted by Crippen LogP contribution is -2.13. The van der Waals surface area contributed by atoms with E-state index in [4.69, 9.17) is 4.42 Å². The smallest absolute Gasteiger partial charge is 0.266 e. The van der Waals surface area contributed by atoms with E-state index in [1.54, 1.807) is 54.6 Å². The van der Waals surface area contributed by atoms with E-state index in [2.05, 4.69) is 10.6 Å². The summed E-state index contributed by atoms with van der Waals surface area (Å²) in [4.78, 5) is 23.4. The molecule has 0 aliphatic carbocycles. The molecule has 0 fully saturated rings. The van der Waals surface area contributed by atoms with E-state index in [1.165, 1.54) is 19.1 Å². The Labute approximate surface area is 166 Å². The molecular formula is C22H16FN3O3. The van der Waals surface area contributed by atoms with Crippen LogP contribution in [-0.4, -0.2) is 11.8 Å². The second-order valence-electron chi connectivity index (χ2n) is 6.06. The summed E-state index contributed by atoms with van der Waals surface area (Å²) in [6, 6.07) is 17.5. The summed E-state index contributed by atoms with van der Waals surface area (Å²) in [5, 5.41) is 14.5. The Morgan fingerprint density at radius 3 is 2.28 bits per heavy atom. The van der Waals surface area contributed by atoms with Crippen LogP contribution in [0, 0.1) is 17.1 Å². The van der Waals surface area contributed by atoms with Crippen LogP contribution < -0.4 is 10.6 Å². The molecule has 0 saturated carbocycles. The molecule has 0 radical (unpaired) electrons. The lowest BCUT2D eigenvalue weighted by Gasteiger charge is -2.06. The molecule has 0 aliphatic rings. The number of hydrogen-bond donors (Lipinski definition) is 2. The minimum atomic E-state index is -0.622. The van der Waals surface area contributed by atoms with Crippen molar-refractivity contribution in [2.75, 3.05) is 10.6 Å². The summed E-state index contributed by atoms with van der Waals surface area (Å²) in [5.74, 6) is -0.719. The molecule has 2 N–H and O–H groups in total. The number of nitrogens with one attached hydrogen (secondary N) is 2. The zero-order chi connectivity index (χ0) is 20.8. The zero-order valence-electron chi connectivity index (χ0n) is 15.4. The molecule has 0 unspecified atom stereocenters. The Morgan fingerprint density at radius 1 is 1.00 bits per heavy atom. The Kier molecular flexibility index (Phi) is 5.85. The van der Waals surface area contributed by atoms with Gasteiger partial charge in [0.2, 0.25) is 5.91 Å². The molecule has 0 spiro atoms. The Balaban J connectivity index is 1.75. The molecule has 2 aromatic carbocycles. The number of carbonyl (C=O) groups excluding carboxylic acids is 2. The van der Waals surface area contributed by atoms with Crippen molar-refractivity contribution >= 4 is 29.3 Å². The molecule has 1 heterocycles. The second kappa shape index (κ2) is 8.67. The molecule has 0 bridgehead atoms. The predicted molar refractivity (Wildman–Crippen MR) is 107 cm³/mol. The van der Waals surface area contributed by atoms with Gasteiger partial charge in [-0.25, -0.2) is 4.39 Å². The first kappa shape index (κ1) is 19.6. The van der Waals surface area contributed by atoms with E-state index in [9.17, 15) is 19.2 Å². The summed E-state index contributed by atoms with van der Waals surface area (Å²) in [7, 11) is 0. The highest BCUT2D eigenvalue weighted by atomic mass is 19.1. The molecule has 0 atom stereocenters. The number of furan rings is 1. The standard InChI is InChI=1S/C22H16FN3O3/c1-14(27)25-16-6-8-17(9-7-16)26-22(28)15(13-24)12-18-10-11-21(29-18)19-4-2-3-5-20(19)23/h2-12H,1H3,(H,25,27)(H,26,28)/b15-12+. The third kappa shape index (κ3) is 4.96. The van der Waals surface area contributed by atoms with Crippen molar-refractivity contribution in [3.63, 3.8) is 0 Å². The van der Waals surface area contributed by atoms with E-state index in [0.29, 0.717) is 17.1 Å². The normalized spacial score (nSPS) is 10.9. The van der Waals surface area contributed by atoms with Crippen molar-refractivity contribution in [2.24, 2.45) is 0 Å². The molecule has 29 heavy (non-hydrogen) atoms. The van der Waals surface area contributed by atoms with Crippen LogP contribution in [0.3, 0.4) is 0 Å². The Hall–Kier alpha value is -4.18. The van der Waals surface area contributed by atoms with Crippen LogP contribution >= 0.6 is 0 Å². The first-order valence-electron chi connectivity index (χ1n) is 8.62. The summed E-state index contributed by atoms with van der Waals surface area (Å²) >= 11 is 0. The van der Waals surface area contributed by atoms with Gasteiger partial charge in [-0.3, -0.25) is 9.59 Å². The Bertz CT molecular complexity index is 1120. The first-order valence-corrected chi connectivity index (χ1v) is 8.62. The molecule has 1 aromatic heterocycles. The summed E-state index contributed by atoms with van der Waals surface area (Å²) in [6.45, 7) is 1.39. The minimum absolute atomic E-state index is 0.176. The van der Waals surface area contributed by atoms with Gasteiger partial charge in [0.1, 0.15) is 29.0 Å². The number of carbonyl (C=O) groups is 2. The van der Waals surface area contributed by atoms with Gasteiger partial charge in [-0.2, -0.15) is 5.26 Å². The lowest BCUT2D eigenvalue weighted by atomic mass is 10.1. The van der Waals surface area contributed by atoms with Gasteiger partial charge < -0.3 is 15.1 Å². The van der Waals surface area contributed by atoms with Crippen LogP contribution in [0.2, 0.25) is 0 Å². The van der Waals surface area contributed by atoms with Gasteiger partial charge in [0.15, 0.2) is 0 Å². The fraction of sp³-hybridized carbons (Fsp3) is 0.0455. The van der Waals surface area contributed by atoms with Crippen LogP contribution in [0.4, 0.5) is 15.8 Å². The van der Waals surface area contributed by atoms with E-state index in [1.807, 2.05) is 6.07 Å². The van der Waals surface area contributed by atoms with Gasteiger partial charge in [-0.05, 0) is 48.5 Å². The van der Waals surface area contributed by atoms with Crippen molar-refractivity contribution in [3.8, 4) is 17.4 Å². The van der Waals surface area contributed by atoms with Gasteiger partial charge in [0.05, 0.1) is 5.56 Å². The first-order chi connectivity index (χ1) is 14.0. The van der Waals surface area contributed by atoms with E-state index in [0.717, 1.165) is 0 Å². The molecule has 6 nitrogen and oxygen atoms in total. The van der Waals surface area contributed by atoms with Gasteiger partial charge in [0, 0.05) is 24.4 Å². The molecule has 0 saturated heterocycles. The SMILES string of the molecule is CC(=O)Nc1ccc(NC(=O)/C(C#N)=C/c2ccc(-c3ccccc3F)o2)cc1. The van der Waals surface area contributed by atoms with Gasteiger partial charge >= 0.3 is 0 Å². The average molecular weight is 389 g/mol. The molecule has 7 heteroatoms. The molecule has 0 aliphatic heterocycles. The van der Waals surface area contributed by atoms with Gasteiger partial charge in [-0.1, -0.05) is 12.1 Å². The predicted octanol–water partition coefficient (Wildman–Crippen LogP) is 4.59. The number of amides is 2. The number of halogens is 1. The van der Waals surface area contributed by atoms with E-state index >= 15 is 0 Å². The monoisotopic (exact) mass is 389 g/mol. The second-order valence-corrected chi connectivity index (χ2v) is 6.06. The fourth-order valence-corrected chi connectivity index (χ4v) is 2.57. The number of rotatable bonds is 5. The van der Waals surface area contributed by atoms with Crippen LogP contribution in [0.15, 0.2) is 70.7 Å². The fourth-order valence-electron chi connectivity index (χ4n) is 2.57. The van der Waals surface area contributed by atoms with E-state index in [-0.39, 0.29) is 22.8 Å². The van der Waals surface area contributed by atoms with Crippen LogP contribution in [0.25, 0.3) is 17.4 Å². The van der Waals surface area contributed by atoms with E-state index < -0.39 is 11.7 Å². The summed E-state index contributed by atoms with van der Waals surface area (Å²) in [5.41, 5.74) is 1.15. The van der Waals surface area contributed by atoms with Gasteiger partial charge in [-0.15, -0.1) is 0 Å². The molecule has 3 rings (SSSR count). The average Bonchev–Trinajstić information content (AvgIpc) is 3.16.